The molecule has 0 aliphatic rings. The molecule has 2 rings (SSSR count). The van der Waals surface area contributed by atoms with Crippen molar-refractivity contribution >= 4 is 11.6 Å². The molecule has 0 spiro atoms. The normalized spacial score (nSPS) is 11.1. The van der Waals surface area contributed by atoms with Gasteiger partial charge in [-0.3, -0.25) is 4.79 Å². The molecule has 2 aromatic carbocycles. The molecule has 0 saturated carbocycles. The van der Waals surface area contributed by atoms with Crippen LogP contribution in [0.2, 0.25) is 0 Å². The Bertz CT molecular complexity index is 718. The van der Waals surface area contributed by atoms with Gasteiger partial charge < -0.3 is 20.1 Å². The van der Waals surface area contributed by atoms with Gasteiger partial charge in [0.15, 0.2) is 0 Å². The first-order valence-corrected chi connectivity index (χ1v) is 7.84. The van der Waals surface area contributed by atoms with Crippen LogP contribution in [0, 0.1) is 0 Å². The van der Waals surface area contributed by atoms with Gasteiger partial charge in [0, 0.05) is 6.54 Å². The van der Waals surface area contributed by atoms with Crippen molar-refractivity contribution in [2.45, 2.75) is 6.18 Å². The maximum atomic E-state index is 12.9. The van der Waals surface area contributed by atoms with Crippen molar-refractivity contribution < 1.29 is 27.4 Å². The van der Waals surface area contributed by atoms with E-state index in [2.05, 4.69) is 10.6 Å². The Balaban J connectivity index is 1.72. The average Bonchev–Trinajstić information content (AvgIpc) is 2.61. The van der Waals surface area contributed by atoms with E-state index in [1.165, 1.54) is 18.2 Å². The van der Waals surface area contributed by atoms with Crippen LogP contribution in [0.15, 0.2) is 48.5 Å². The highest BCUT2D eigenvalue weighted by Crippen LogP contribution is 2.34. The zero-order valence-electron chi connectivity index (χ0n) is 14.1. The summed E-state index contributed by atoms with van der Waals surface area (Å²) in [5, 5.41) is 5.08. The van der Waals surface area contributed by atoms with E-state index >= 15 is 0 Å². The molecule has 0 aliphatic heterocycles. The Labute approximate surface area is 149 Å². The summed E-state index contributed by atoms with van der Waals surface area (Å²) in [4.78, 5) is 11.8. The number of ether oxygens (including phenoxy) is 2. The van der Waals surface area contributed by atoms with Crippen LogP contribution in [0.25, 0.3) is 0 Å². The monoisotopic (exact) mass is 368 g/mol. The molecule has 8 heteroatoms. The predicted octanol–water partition coefficient (Wildman–Crippen LogP) is 3.32. The van der Waals surface area contributed by atoms with Gasteiger partial charge in [0.05, 0.1) is 24.9 Å². The number of benzene rings is 2. The minimum absolute atomic E-state index is 0.127. The lowest BCUT2D eigenvalue weighted by Crippen LogP contribution is -2.31. The zero-order chi connectivity index (χ0) is 19.0. The van der Waals surface area contributed by atoms with Crippen LogP contribution in [0.1, 0.15) is 5.56 Å². The van der Waals surface area contributed by atoms with E-state index in [1.54, 1.807) is 31.4 Å². The Morgan fingerprint density at radius 1 is 1.04 bits per heavy atom. The second-order valence-electron chi connectivity index (χ2n) is 5.29. The number of carbonyl (C=O) groups is 1. The van der Waals surface area contributed by atoms with Crippen molar-refractivity contribution in [1.82, 2.24) is 5.32 Å². The smallest absolute Gasteiger partial charge is 0.418 e. The molecule has 0 unspecified atom stereocenters. The quantitative estimate of drug-likeness (QED) is 0.702. The molecule has 0 fully saturated rings. The SMILES string of the molecule is COc1ccc(OCCNCC(=O)Nc2ccccc2C(F)(F)F)cc1. The maximum absolute atomic E-state index is 12.9. The standard InChI is InChI=1S/C18H19F3N2O3/c1-25-13-6-8-14(9-7-13)26-11-10-22-12-17(24)23-16-5-3-2-4-15(16)18(19,20)21/h2-9,22H,10-12H2,1H3,(H,23,24). The summed E-state index contributed by atoms with van der Waals surface area (Å²) >= 11 is 0. The van der Waals surface area contributed by atoms with Gasteiger partial charge in [0.1, 0.15) is 18.1 Å². The highest BCUT2D eigenvalue weighted by Gasteiger charge is 2.33. The Morgan fingerprint density at radius 3 is 2.35 bits per heavy atom. The van der Waals surface area contributed by atoms with Crippen LogP contribution < -0.4 is 20.1 Å². The molecule has 0 bridgehead atoms. The number of amides is 1. The van der Waals surface area contributed by atoms with E-state index in [-0.39, 0.29) is 12.2 Å². The third-order valence-electron chi connectivity index (χ3n) is 3.40. The number of methoxy groups -OCH3 is 1. The molecule has 0 aromatic heterocycles. The second kappa shape index (κ2) is 9.10. The van der Waals surface area contributed by atoms with Gasteiger partial charge in [-0.05, 0) is 36.4 Å². The molecule has 1 amide bonds. The van der Waals surface area contributed by atoms with Crippen molar-refractivity contribution in [3.63, 3.8) is 0 Å². The van der Waals surface area contributed by atoms with E-state index in [0.29, 0.717) is 24.7 Å². The topological polar surface area (TPSA) is 59.6 Å². The van der Waals surface area contributed by atoms with Crippen molar-refractivity contribution in [3.8, 4) is 11.5 Å². The van der Waals surface area contributed by atoms with Crippen LogP contribution in [-0.2, 0) is 11.0 Å². The van der Waals surface area contributed by atoms with Gasteiger partial charge in [-0.15, -0.1) is 0 Å². The van der Waals surface area contributed by atoms with Gasteiger partial charge in [-0.2, -0.15) is 13.2 Å². The third kappa shape index (κ3) is 5.96. The highest BCUT2D eigenvalue weighted by molar-refractivity contribution is 5.93. The summed E-state index contributed by atoms with van der Waals surface area (Å²) in [6, 6.07) is 11.9. The first kappa shape index (κ1) is 19.6. The molecule has 0 heterocycles. The first-order valence-electron chi connectivity index (χ1n) is 7.84. The molecule has 0 saturated heterocycles. The van der Waals surface area contributed by atoms with Gasteiger partial charge in [-0.25, -0.2) is 0 Å². The summed E-state index contributed by atoms with van der Waals surface area (Å²) < 4.78 is 49.1. The van der Waals surface area contributed by atoms with Crippen LogP contribution in [0.5, 0.6) is 11.5 Å². The largest absolute Gasteiger partial charge is 0.497 e. The van der Waals surface area contributed by atoms with E-state index in [1.807, 2.05) is 0 Å². The number of nitrogens with one attached hydrogen (secondary N) is 2. The summed E-state index contributed by atoms with van der Waals surface area (Å²) in [7, 11) is 1.57. The zero-order valence-corrected chi connectivity index (χ0v) is 14.1. The fourth-order valence-corrected chi connectivity index (χ4v) is 2.15. The molecular weight excluding hydrogens is 349 g/mol. The number of hydrogen-bond acceptors (Lipinski definition) is 4. The van der Waals surface area contributed by atoms with E-state index in [9.17, 15) is 18.0 Å². The van der Waals surface area contributed by atoms with Crippen molar-refractivity contribution in [3.05, 3.63) is 54.1 Å². The van der Waals surface area contributed by atoms with Crippen LogP contribution in [-0.4, -0.2) is 32.7 Å². The molecule has 5 nitrogen and oxygen atoms in total. The Hall–Kier alpha value is -2.74. The van der Waals surface area contributed by atoms with E-state index in [4.69, 9.17) is 9.47 Å². The lowest BCUT2D eigenvalue weighted by molar-refractivity contribution is -0.137. The molecule has 2 N–H and O–H groups in total. The molecule has 0 radical (unpaired) electrons. The lowest BCUT2D eigenvalue weighted by atomic mass is 10.1. The van der Waals surface area contributed by atoms with Gasteiger partial charge in [-0.1, -0.05) is 12.1 Å². The number of carbonyl (C=O) groups excluding carboxylic acids is 1. The lowest BCUT2D eigenvalue weighted by Gasteiger charge is -2.13. The maximum Gasteiger partial charge on any atom is 0.418 e. The van der Waals surface area contributed by atoms with Gasteiger partial charge >= 0.3 is 6.18 Å². The van der Waals surface area contributed by atoms with E-state index in [0.717, 1.165) is 6.07 Å². The summed E-state index contributed by atoms with van der Waals surface area (Å²) in [5.74, 6) is 0.800. The number of halogens is 3. The molecule has 26 heavy (non-hydrogen) atoms. The number of para-hydroxylation sites is 1. The van der Waals surface area contributed by atoms with Crippen LogP contribution >= 0.6 is 0 Å². The number of alkyl halides is 3. The third-order valence-corrected chi connectivity index (χ3v) is 3.40. The highest BCUT2D eigenvalue weighted by atomic mass is 19.4. The second-order valence-corrected chi connectivity index (χ2v) is 5.29. The molecular formula is C18H19F3N2O3. The van der Waals surface area contributed by atoms with E-state index < -0.39 is 17.6 Å². The van der Waals surface area contributed by atoms with Gasteiger partial charge in [0.2, 0.25) is 5.91 Å². The van der Waals surface area contributed by atoms with Crippen molar-refractivity contribution in [1.29, 1.82) is 0 Å². The molecule has 0 aliphatic carbocycles. The minimum Gasteiger partial charge on any atom is -0.497 e. The molecule has 2 aromatic rings. The Morgan fingerprint density at radius 2 is 1.69 bits per heavy atom. The number of hydrogen-bond donors (Lipinski definition) is 2. The number of anilines is 1. The first-order chi connectivity index (χ1) is 12.4. The Kier molecular flexibility index (Phi) is 6.85. The summed E-state index contributed by atoms with van der Waals surface area (Å²) in [6.45, 7) is 0.539. The summed E-state index contributed by atoms with van der Waals surface area (Å²) in [5.41, 5.74) is -1.14. The molecule has 0 atom stereocenters. The van der Waals surface area contributed by atoms with Crippen molar-refractivity contribution in [2.75, 3.05) is 32.1 Å². The fourth-order valence-electron chi connectivity index (χ4n) is 2.15. The predicted molar refractivity (Wildman–Crippen MR) is 91.4 cm³/mol. The number of rotatable bonds is 8. The van der Waals surface area contributed by atoms with Crippen LogP contribution in [0.4, 0.5) is 18.9 Å². The fraction of sp³-hybridized carbons (Fsp3) is 0.278. The average molecular weight is 368 g/mol. The van der Waals surface area contributed by atoms with Crippen LogP contribution in [0.3, 0.4) is 0 Å². The van der Waals surface area contributed by atoms with Gasteiger partial charge in [0.25, 0.3) is 0 Å². The summed E-state index contributed by atoms with van der Waals surface area (Å²) in [6.07, 6.45) is -4.52. The minimum atomic E-state index is -4.52. The van der Waals surface area contributed by atoms with Crippen molar-refractivity contribution in [2.24, 2.45) is 0 Å². The molecule has 140 valence electrons.